The van der Waals surface area contributed by atoms with Crippen molar-refractivity contribution in [3.63, 3.8) is 0 Å². The van der Waals surface area contributed by atoms with E-state index in [4.69, 9.17) is 33.5 Å². The number of benzene rings is 2. The predicted molar refractivity (Wildman–Crippen MR) is 133 cm³/mol. The highest BCUT2D eigenvalue weighted by molar-refractivity contribution is 7.42. The summed E-state index contributed by atoms with van der Waals surface area (Å²) in [6.07, 6.45) is 4.28. The minimum atomic E-state index is -1.77. The SMILES string of the molecule is COc1ccc(OP(OCC2CCC(n3cnc4c(N)ncnc43)O2)Oc2ccc(OC)cc2)cc1. The molecule has 2 atom stereocenters. The summed E-state index contributed by atoms with van der Waals surface area (Å²) in [6.45, 7) is 0.290. The van der Waals surface area contributed by atoms with Crippen LogP contribution < -0.4 is 24.3 Å². The smallest absolute Gasteiger partial charge is 0.463 e. The number of anilines is 1. The van der Waals surface area contributed by atoms with E-state index in [1.807, 2.05) is 28.8 Å². The van der Waals surface area contributed by atoms with Crippen molar-refractivity contribution in [2.45, 2.75) is 25.2 Å². The average molecular weight is 511 g/mol. The highest BCUT2D eigenvalue weighted by Gasteiger charge is 2.30. The van der Waals surface area contributed by atoms with E-state index in [0.29, 0.717) is 28.5 Å². The Balaban J connectivity index is 1.24. The first-order valence-electron chi connectivity index (χ1n) is 11.3. The van der Waals surface area contributed by atoms with Crippen LogP contribution in [0.5, 0.6) is 23.0 Å². The first-order chi connectivity index (χ1) is 17.6. The normalized spacial score (nSPS) is 17.4. The van der Waals surface area contributed by atoms with Crippen molar-refractivity contribution >= 4 is 25.6 Å². The van der Waals surface area contributed by atoms with Crippen LogP contribution in [0.4, 0.5) is 5.82 Å². The van der Waals surface area contributed by atoms with Gasteiger partial charge in [-0.3, -0.25) is 9.09 Å². The van der Waals surface area contributed by atoms with Crippen molar-refractivity contribution in [2.75, 3.05) is 26.6 Å². The van der Waals surface area contributed by atoms with E-state index < -0.39 is 8.60 Å². The molecular weight excluding hydrogens is 485 g/mol. The number of hydrogen-bond acceptors (Lipinski definition) is 10. The van der Waals surface area contributed by atoms with E-state index in [1.54, 1.807) is 44.8 Å². The van der Waals surface area contributed by atoms with Gasteiger partial charge in [0.1, 0.15) is 41.1 Å². The Hall–Kier alpha value is -3.66. The summed E-state index contributed by atoms with van der Waals surface area (Å²) in [5.74, 6) is 3.00. The number of methoxy groups -OCH3 is 2. The quantitative estimate of drug-likeness (QED) is 0.304. The van der Waals surface area contributed by atoms with Gasteiger partial charge < -0.3 is 29.0 Å². The predicted octanol–water partition coefficient (Wildman–Crippen LogP) is 4.50. The summed E-state index contributed by atoms with van der Waals surface area (Å²) in [6, 6.07) is 14.4. The lowest BCUT2D eigenvalue weighted by Gasteiger charge is -2.20. The molecule has 0 radical (unpaired) electrons. The summed E-state index contributed by atoms with van der Waals surface area (Å²) in [5.41, 5.74) is 7.11. The molecule has 1 fully saturated rings. The van der Waals surface area contributed by atoms with Crippen molar-refractivity contribution in [2.24, 2.45) is 0 Å². The van der Waals surface area contributed by atoms with Crippen molar-refractivity contribution in [1.29, 1.82) is 0 Å². The van der Waals surface area contributed by atoms with Gasteiger partial charge in [0.15, 0.2) is 11.5 Å². The second-order valence-electron chi connectivity index (χ2n) is 7.93. The molecule has 12 heteroatoms. The zero-order valence-electron chi connectivity index (χ0n) is 19.8. The van der Waals surface area contributed by atoms with Gasteiger partial charge in [-0.15, -0.1) is 0 Å². The first-order valence-corrected chi connectivity index (χ1v) is 12.4. The monoisotopic (exact) mass is 511 g/mol. The van der Waals surface area contributed by atoms with Crippen molar-refractivity contribution in [3.05, 3.63) is 61.2 Å². The molecule has 2 unspecified atom stereocenters. The van der Waals surface area contributed by atoms with Crippen LogP contribution in [0.25, 0.3) is 11.2 Å². The molecule has 3 heterocycles. The van der Waals surface area contributed by atoms with Crippen LogP contribution in [-0.4, -0.2) is 46.4 Å². The maximum absolute atomic E-state index is 6.23. The molecule has 0 saturated carbocycles. The zero-order chi connectivity index (χ0) is 24.9. The van der Waals surface area contributed by atoms with Crippen LogP contribution in [0.1, 0.15) is 19.1 Å². The lowest BCUT2D eigenvalue weighted by atomic mass is 10.2. The van der Waals surface area contributed by atoms with E-state index in [2.05, 4.69) is 15.0 Å². The molecule has 1 aliphatic heterocycles. The number of nitrogens with zero attached hydrogens (tertiary/aromatic N) is 4. The largest absolute Gasteiger partial charge is 0.497 e. The van der Waals surface area contributed by atoms with Crippen LogP contribution in [0.15, 0.2) is 61.2 Å². The van der Waals surface area contributed by atoms with Crippen molar-refractivity contribution in [3.8, 4) is 23.0 Å². The molecule has 36 heavy (non-hydrogen) atoms. The highest BCUT2D eigenvalue weighted by Crippen LogP contribution is 2.43. The van der Waals surface area contributed by atoms with Gasteiger partial charge in [0, 0.05) is 0 Å². The molecular formula is C24H26N5O6P. The van der Waals surface area contributed by atoms with Crippen LogP contribution >= 0.6 is 8.60 Å². The fourth-order valence-corrected chi connectivity index (χ4v) is 4.77. The van der Waals surface area contributed by atoms with Gasteiger partial charge in [-0.2, -0.15) is 0 Å². The topological polar surface area (TPSA) is 125 Å². The second kappa shape index (κ2) is 10.9. The van der Waals surface area contributed by atoms with Crippen molar-refractivity contribution in [1.82, 2.24) is 19.5 Å². The Morgan fingerprint density at radius 3 is 2.11 bits per heavy atom. The van der Waals surface area contributed by atoms with Crippen LogP contribution in [0, 0.1) is 0 Å². The molecule has 2 aromatic heterocycles. The van der Waals surface area contributed by atoms with Crippen LogP contribution in [-0.2, 0) is 9.26 Å². The molecule has 2 aromatic carbocycles. The molecule has 0 amide bonds. The molecule has 4 aromatic rings. The number of rotatable bonds is 10. The maximum atomic E-state index is 6.23. The molecule has 0 aliphatic carbocycles. The van der Waals surface area contributed by atoms with Gasteiger partial charge in [0.05, 0.1) is 33.3 Å². The van der Waals surface area contributed by atoms with Gasteiger partial charge in [0.2, 0.25) is 0 Å². The molecule has 11 nitrogen and oxygen atoms in total. The third kappa shape index (κ3) is 5.43. The Kier molecular flexibility index (Phi) is 7.31. The lowest BCUT2D eigenvalue weighted by molar-refractivity contribution is -0.0170. The molecule has 1 aliphatic rings. The number of fused-ring (bicyclic) bond motifs is 1. The van der Waals surface area contributed by atoms with E-state index in [0.717, 1.165) is 24.3 Å². The summed E-state index contributed by atoms with van der Waals surface area (Å²) >= 11 is 0. The molecule has 5 rings (SSSR count). The Bertz CT molecular complexity index is 1240. The highest BCUT2D eigenvalue weighted by atomic mass is 31.2. The van der Waals surface area contributed by atoms with Gasteiger partial charge in [-0.05, 0) is 61.4 Å². The number of imidazole rings is 1. The zero-order valence-corrected chi connectivity index (χ0v) is 20.7. The number of nitrogen functional groups attached to an aromatic ring is 1. The molecule has 1 saturated heterocycles. The van der Waals surface area contributed by atoms with E-state index in [1.165, 1.54) is 6.33 Å². The number of nitrogens with two attached hydrogens (primary N) is 1. The summed E-state index contributed by atoms with van der Waals surface area (Å²) in [4.78, 5) is 12.6. The van der Waals surface area contributed by atoms with E-state index >= 15 is 0 Å². The van der Waals surface area contributed by atoms with Gasteiger partial charge in [0.25, 0.3) is 0 Å². The molecule has 0 bridgehead atoms. The molecule has 0 spiro atoms. The maximum Gasteiger partial charge on any atom is 0.463 e. The first kappa shape index (κ1) is 24.1. The minimum Gasteiger partial charge on any atom is -0.497 e. The Morgan fingerprint density at radius 1 is 0.889 bits per heavy atom. The Morgan fingerprint density at radius 2 is 1.50 bits per heavy atom. The molecule has 2 N–H and O–H groups in total. The third-order valence-electron chi connectivity index (χ3n) is 5.63. The van der Waals surface area contributed by atoms with Gasteiger partial charge >= 0.3 is 8.60 Å². The summed E-state index contributed by atoms with van der Waals surface area (Å²) in [7, 11) is 1.46. The summed E-state index contributed by atoms with van der Waals surface area (Å²) in [5, 5.41) is 0. The second-order valence-corrected chi connectivity index (χ2v) is 9.00. The van der Waals surface area contributed by atoms with E-state index in [-0.39, 0.29) is 18.9 Å². The van der Waals surface area contributed by atoms with Crippen molar-refractivity contribution < 1.29 is 27.8 Å². The van der Waals surface area contributed by atoms with Gasteiger partial charge in [-0.1, -0.05) is 0 Å². The van der Waals surface area contributed by atoms with Crippen LogP contribution in [0.3, 0.4) is 0 Å². The Labute approximate surface area is 209 Å². The lowest BCUT2D eigenvalue weighted by Crippen LogP contribution is -2.17. The summed E-state index contributed by atoms with van der Waals surface area (Å²) < 4.78 is 36.7. The van der Waals surface area contributed by atoms with Crippen LogP contribution in [0.2, 0.25) is 0 Å². The number of hydrogen-bond donors (Lipinski definition) is 1. The molecule has 188 valence electrons. The number of ether oxygens (including phenoxy) is 3. The fourth-order valence-electron chi connectivity index (χ4n) is 3.76. The minimum absolute atomic E-state index is 0.157. The fraction of sp³-hybridized carbons (Fsp3) is 0.292. The van der Waals surface area contributed by atoms with E-state index in [9.17, 15) is 0 Å². The number of aromatic nitrogens is 4. The third-order valence-corrected chi connectivity index (χ3v) is 6.71. The standard InChI is InChI=1S/C24H26N5O6P/c1-30-16-3-7-18(8-4-16)34-36(35-19-9-5-17(31-2)6-10-19)32-13-20-11-12-21(33-20)29-15-28-22-23(25)26-14-27-24(22)29/h3-10,14-15,20-21H,11-13H2,1-2H3,(H2,25,26,27). The van der Waals surface area contributed by atoms with Gasteiger partial charge in [-0.25, -0.2) is 15.0 Å². The average Bonchev–Trinajstić information content (AvgIpc) is 3.56.